The number of benzene rings is 1. The van der Waals surface area contributed by atoms with E-state index >= 15 is 0 Å². The van der Waals surface area contributed by atoms with Crippen LogP contribution in [0, 0.1) is 56.7 Å². The molecular formula is C41H56F3NO8. The lowest BCUT2D eigenvalue weighted by molar-refractivity contribution is -0.274. The number of allylic oxidation sites excluding steroid dienone is 1. The van der Waals surface area contributed by atoms with E-state index in [0.717, 1.165) is 18.4 Å². The number of carbonyl (C=O) groups is 3. The molecule has 3 N–H and O–H groups in total. The van der Waals surface area contributed by atoms with Crippen molar-refractivity contribution in [1.82, 2.24) is 0 Å². The Morgan fingerprint density at radius 2 is 1.70 bits per heavy atom. The first-order chi connectivity index (χ1) is 24.5. The van der Waals surface area contributed by atoms with E-state index in [0.29, 0.717) is 38.0 Å². The number of esters is 1. The molecule has 1 aliphatic heterocycles. The number of aliphatic carboxylic acids is 1. The van der Waals surface area contributed by atoms with Crippen LogP contribution in [0.2, 0.25) is 0 Å². The second-order valence-electron chi connectivity index (χ2n) is 18.1. The summed E-state index contributed by atoms with van der Waals surface area (Å²) in [6, 6.07) is 4.64. The number of ketones is 1. The molecule has 1 heterocycles. The van der Waals surface area contributed by atoms with Crippen LogP contribution in [0.15, 0.2) is 35.9 Å². The van der Waals surface area contributed by atoms with Crippen LogP contribution >= 0.6 is 0 Å². The molecule has 1 aromatic carbocycles. The van der Waals surface area contributed by atoms with Gasteiger partial charge in [0.05, 0.1) is 31.8 Å². The van der Waals surface area contributed by atoms with Crippen molar-refractivity contribution in [3.63, 3.8) is 0 Å². The first kappa shape index (κ1) is 39.7. The van der Waals surface area contributed by atoms with Crippen molar-refractivity contribution in [2.75, 3.05) is 19.8 Å². The molecule has 0 radical (unpaired) electrons. The quantitative estimate of drug-likeness (QED) is 0.244. The van der Waals surface area contributed by atoms with Gasteiger partial charge < -0.3 is 29.8 Å². The van der Waals surface area contributed by atoms with Gasteiger partial charge in [0.15, 0.2) is 5.78 Å². The van der Waals surface area contributed by atoms with E-state index in [-0.39, 0.29) is 41.8 Å². The Morgan fingerprint density at radius 1 is 1.04 bits per heavy atom. The Kier molecular flexibility index (Phi) is 10.0. The highest BCUT2D eigenvalue weighted by Crippen LogP contribution is 2.74. The standard InChI is InChI=1S/C41H56F3NO8/c1-22(2)23(3)36(5)15-16-38(7)27-13-14-31-37(6)20-50-21-40(31,28(27)17-32(47)39(38,8)33(36)35(48)49)18-30(52-24(4)46)34(37)51-19-29(45)25-9-11-26(12-10-25)53-41(42,43)44/h9-12,17,22-23,27,29-31,33-34H,13-16,18-21,45H2,1-8H3,(H,48,49)/t23-,27+,29?,30-,31+,33-,34+,36-,37+,38-,39+,40+/m1/s1. The van der Waals surface area contributed by atoms with Gasteiger partial charge in [0.25, 0.3) is 0 Å². The maximum absolute atomic E-state index is 14.9. The Labute approximate surface area is 310 Å². The second-order valence-corrected chi connectivity index (χ2v) is 18.1. The van der Waals surface area contributed by atoms with E-state index in [1.165, 1.54) is 31.2 Å². The van der Waals surface area contributed by atoms with Gasteiger partial charge in [-0.05, 0) is 90.4 Å². The molecule has 53 heavy (non-hydrogen) atoms. The lowest BCUT2D eigenvalue weighted by Crippen LogP contribution is -2.71. The minimum atomic E-state index is -4.81. The number of carbonyl (C=O) groups excluding carboxylic acids is 2. The van der Waals surface area contributed by atoms with E-state index < -0.39 is 69.5 Å². The molecule has 5 aliphatic rings. The summed E-state index contributed by atoms with van der Waals surface area (Å²) < 4.78 is 61.2. The Hall–Kier alpha value is -2.96. The van der Waals surface area contributed by atoms with Crippen molar-refractivity contribution in [2.45, 2.75) is 112 Å². The van der Waals surface area contributed by atoms with Crippen molar-refractivity contribution in [1.29, 1.82) is 0 Å². The third-order valence-corrected chi connectivity index (χ3v) is 15.3. The van der Waals surface area contributed by atoms with Crippen LogP contribution in [-0.2, 0) is 28.6 Å². The molecule has 1 aromatic rings. The van der Waals surface area contributed by atoms with E-state index in [9.17, 15) is 32.7 Å². The molecule has 0 spiro atoms. The Balaban J connectivity index is 1.34. The fourth-order valence-electron chi connectivity index (χ4n) is 12.2. The van der Waals surface area contributed by atoms with Gasteiger partial charge in [0.1, 0.15) is 18.0 Å². The summed E-state index contributed by atoms with van der Waals surface area (Å²) >= 11 is 0. The van der Waals surface area contributed by atoms with Gasteiger partial charge in [-0.15, -0.1) is 13.2 Å². The van der Waals surface area contributed by atoms with Gasteiger partial charge in [-0.25, -0.2) is 0 Å². The zero-order chi connectivity index (χ0) is 39.1. The number of ether oxygens (including phenoxy) is 4. The molecule has 0 aromatic heterocycles. The fourth-order valence-corrected chi connectivity index (χ4v) is 12.2. The lowest BCUT2D eigenvalue weighted by atomic mass is 9.34. The number of nitrogens with two attached hydrogens (primary N) is 1. The smallest absolute Gasteiger partial charge is 0.481 e. The number of hydrogen-bond donors (Lipinski definition) is 2. The maximum atomic E-state index is 14.9. The van der Waals surface area contributed by atoms with Crippen LogP contribution < -0.4 is 10.5 Å². The number of carboxylic acid groups (broad SMARTS) is 1. The SMILES string of the molecule is CC(=O)O[C@@H]1C[C@@]23COC[C@@](C)([C@@H]2CC[C@H]2C3=CC(=O)[C@@]3(C)[C@H](C(=O)O)[C@@](C)([C@H](C)C(C)C)CC[C@]23C)[C@H]1OCC(N)c1ccc(OC(F)(F)F)cc1. The summed E-state index contributed by atoms with van der Waals surface area (Å²) in [5.74, 6) is -2.50. The van der Waals surface area contributed by atoms with E-state index in [4.69, 9.17) is 19.9 Å². The Morgan fingerprint density at radius 3 is 2.28 bits per heavy atom. The van der Waals surface area contributed by atoms with Gasteiger partial charge in [-0.3, -0.25) is 14.4 Å². The second kappa shape index (κ2) is 13.4. The molecule has 6 rings (SSSR count). The molecule has 4 fully saturated rings. The summed E-state index contributed by atoms with van der Waals surface area (Å²) in [5.41, 5.74) is 4.41. The monoisotopic (exact) mass is 747 g/mol. The largest absolute Gasteiger partial charge is 0.573 e. The number of carboxylic acids is 1. The number of rotatable bonds is 9. The average molecular weight is 748 g/mol. The number of halogens is 3. The van der Waals surface area contributed by atoms with Crippen LogP contribution in [-0.4, -0.2) is 61.2 Å². The third kappa shape index (κ3) is 6.13. The topological polar surface area (TPSA) is 134 Å². The predicted molar refractivity (Wildman–Crippen MR) is 189 cm³/mol. The molecule has 0 amide bonds. The summed E-state index contributed by atoms with van der Waals surface area (Å²) in [6.07, 6.45) is -1.02. The number of fused-ring (bicyclic) bond motifs is 3. The molecule has 2 bridgehead atoms. The van der Waals surface area contributed by atoms with E-state index in [1.807, 2.05) is 6.92 Å². The highest BCUT2D eigenvalue weighted by atomic mass is 19.4. The van der Waals surface area contributed by atoms with Crippen molar-refractivity contribution in [3.8, 4) is 5.75 Å². The minimum Gasteiger partial charge on any atom is -0.481 e. The van der Waals surface area contributed by atoms with Crippen molar-refractivity contribution in [3.05, 3.63) is 41.5 Å². The van der Waals surface area contributed by atoms with Gasteiger partial charge in [0.2, 0.25) is 0 Å². The summed E-state index contributed by atoms with van der Waals surface area (Å²) in [5, 5.41) is 11.0. The van der Waals surface area contributed by atoms with Gasteiger partial charge in [0, 0.05) is 23.2 Å². The van der Waals surface area contributed by atoms with Crippen LogP contribution in [0.3, 0.4) is 0 Å². The summed E-state index contributed by atoms with van der Waals surface area (Å²) in [4.78, 5) is 40.9. The minimum absolute atomic E-state index is 0.00158. The fraction of sp³-hybridized carbons (Fsp3) is 0.732. The molecule has 9 nitrogen and oxygen atoms in total. The van der Waals surface area contributed by atoms with Crippen molar-refractivity contribution in [2.24, 2.45) is 62.4 Å². The zero-order valence-corrected chi connectivity index (χ0v) is 32.2. The van der Waals surface area contributed by atoms with Crippen LogP contribution in [0.25, 0.3) is 0 Å². The molecule has 3 saturated carbocycles. The van der Waals surface area contributed by atoms with Crippen LogP contribution in [0.4, 0.5) is 13.2 Å². The number of alkyl halides is 3. The lowest BCUT2D eigenvalue weighted by Gasteiger charge is -2.70. The molecule has 1 saturated heterocycles. The normalized spacial score (nSPS) is 40.6. The van der Waals surface area contributed by atoms with Crippen LogP contribution in [0.1, 0.15) is 99.1 Å². The van der Waals surface area contributed by atoms with Crippen molar-refractivity contribution >= 4 is 17.7 Å². The Bertz CT molecular complexity index is 1650. The van der Waals surface area contributed by atoms with E-state index in [2.05, 4.69) is 46.3 Å². The zero-order valence-electron chi connectivity index (χ0n) is 32.2. The summed E-state index contributed by atoms with van der Waals surface area (Å²) in [6.45, 7) is 16.6. The molecule has 1 unspecified atom stereocenters. The number of hydrogen-bond acceptors (Lipinski definition) is 8. The average Bonchev–Trinajstić information content (AvgIpc) is 3.04. The highest BCUT2D eigenvalue weighted by molar-refractivity contribution is 6.00. The van der Waals surface area contributed by atoms with Crippen molar-refractivity contribution < 1.29 is 51.6 Å². The molecule has 294 valence electrons. The van der Waals surface area contributed by atoms with Crippen LogP contribution in [0.5, 0.6) is 5.75 Å². The summed E-state index contributed by atoms with van der Waals surface area (Å²) in [7, 11) is 0. The highest BCUT2D eigenvalue weighted by Gasteiger charge is 2.74. The molecular weight excluding hydrogens is 691 g/mol. The third-order valence-electron chi connectivity index (χ3n) is 15.3. The molecule has 12 atom stereocenters. The van der Waals surface area contributed by atoms with Gasteiger partial charge in [-0.2, -0.15) is 0 Å². The molecule has 4 aliphatic carbocycles. The van der Waals surface area contributed by atoms with E-state index in [1.54, 1.807) is 6.08 Å². The molecule has 12 heteroatoms. The van der Waals surface area contributed by atoms with Gasteiger partial charge >= 0.3 is 18.3 Å². The first-order valence-corrected chi connectivity index (χ1v) is 19.0. The predicted octanol–water partition coefficient (Wildman–Crippen LogP) is 7.67. The maximum Gasteiger partial charge on any atom is 0.573 e. The van der Waals surface area contributed by atoms with Gasteiger partial charge in [-0.1, -0.05) is 66.2 Å². The first-order valence-electron chi connectivity index (χ1n) is 19.0.